The first-order valence-electron chi connectivity index (χ1n) is 11.7. The number of cyclic esters (lactones) is 1. The fourth-order valence-electron chi connectivity index (χ4n) is 7.76. The molecule has 0 amide bonds. The van der Waals surface area contributed by atoms with Gasteiger partial charge in [-0.2, -0.15) is 0 Å². The van der Waals surface area contributed by atoms with Crippen molar-refractivity contribution in [2.45, 2.75) is 89.6 Å². The lowest BCUT2D eigenvalue weighted by Crippen LogP contribution is -2.30. The minimum atomic E-state index is 0.0170. The molecule has 0 radical (unpaired) electrons. The zero-order valence-corrected chi connectivity index (χ0v) is 16.3. The van der Waals surface area contributed by atoms with Gasteiger partial charge in [-0.1, -0.05) is 50.7 Å². The minimum Gasteiger partial charge on any atom is -0.462 e. The zero-order chi connectivity index (χ0) is 17.5. The number of rotatable bonds is 9. The van der Waals surface area contributed by atoms with Crippen molar-refractivity contribution in [3.8, 4) is 0 Å². The van der Waals surface area contributed by atoms with E-state index in [1.54, 1.807) is 12.8 Å². The molecule has 4 aliphatic carbocycles. The monoisotopic (exact) mass is 356 g/mol. The van der Waals surface area contributed by atoms with Gasteiger partial charge in [0.1, 0.15) is 6.10 Å². The van der Waals surface area contributed by atoms with Crippen LogP contribution in [-0.4, -0.2) is 12.1 Å². The van der Waals surface area contributed by atoms with Crippen LogP contribution >= 0.6 is 0 Å². The maximum atomic E-state index is 11.1. The van der Waals surface area contributed by atoms with Gasteiger partial charge in [-0.05, 0) is 80.0 Å². The second-order valence-corrected chi connectivity index (χ2v) is 10.1. The molecule has 1 aliphatic heterocycles. The number of fused-ring (bicyclic) bond motifs is 9. The number of esters is 1. The van der Waals surface area contributed by atoms with Crippen molar-refractivity contribution in [3.05, 3.63) is 12.2 Å². The molecule has 4 bridgehead atoms. The maximum Gasteiger partial charge on any atom is 0.306 e. The van der Waals surface area contributed by atoms with Crippen molar-refractivity contribution in [2.24, 2.45) is 41.4 Å². The molecule has 0 aromatic carbocycles. The van der Waals surface area contributed by atoms with Gasteiger partial charge < -0.3 is 4.74 Å². The fourth-order valence-corrected chi connectivity index (χ4v) is 7.76. The number of unbranched alkanes of at least 4 members (excludes halogenated alkanes) is 5. The van der Waals surface area contributed by atoms with Gasteiger partial charge in [-0.25, -0.2) is 0 Å². The van der Waals surface area contributed by atoms with Crippen LogP contribution in [0.15, 0.2) is 12.2 Å². The summed E-state index contributed by atoms with van der Waals surface area (Å²) in [5.41, 5.74) is 0. The molecule has 2 nitrogen and oxygen atoms in total. The van der Waals surface area contributed by atoms with Crippen molar-refractivity contribution < 1.29 is 9.53 Å². The van der Waals surface area contributed by atoms with Gasteiger partial charge in [0.15, 0.2) is 0 Å². The Balaban J connectivity index is 0.941. The molecule has 5 rings (SSSR count). The normalized spacial score (nSPS) is 44.8. The van der Waals surface area contributed by atoms with Crippen LogP contribution in [0.2, 0.25) is 0 Å². The van der Waals surface area contributed by atoms with Gasteiger partial charge in [0.25, 0.3) is 0 Å². The zero-order valence-electron chi connectivity index (χ0n) is 16.3. The van der Waals surface area contributed by atoms with Gasteiger partial charge in [0.05, 0.1) is 0 Å². The molecule has 3 saturated carbocycles. The maximum absolute atomic E-state index is 11.1. The van der Waals surface area contributed by atoms with Gasteiger partial charge >= 0.3 is 5.97 Å². The smallest absolute Gasteiger partial charge is 0.306 e. The SMILES string of the molecule is O=C1CCC(CCCCCCCCC2CC3CC2C2C4C=CC(C4)C32)O1. The van der Waals surface area contributed by atoms with Crippen molar-refractivity contribution in [1.82, 2.24) is 0 Å². The number of hydrogen-bond donors (Lipinski definition) is 0. The number of hydrogen-bond acceptors (Lipinski definition) is 2. The standard InChI is InChI=1S/C24H36O2/c25-22-12-11-20(26-22)8-6-4-2-1-3-5-7-16-13-19-15-21(16)24-18-10-9-17(14-18)23(19)24/h9-10,16-21,23-24H,1-8,11-15H2. The number of allylic oxidation sites excluding steroid dienone is 2. The summed E-state index contributed by atoms with van der Waals surface area (Å²) in [7, 11) is 0. The Bertz CT molecular complexity index is 552. The Kier molecular flexibility index (Phi) is 4.88. The molecule has 26 heavy (non-hydrogen) atoms. The van der Waals surface area contributed by atoms with E-state index < -0.39 is 0 Å². The largest absolute Gasteiger partial charge is 0.462 e. The summed E-state index contributed by atoms with van der Waals surface area (Å²) >= 11 is 0. The summed E-state index contributed by atoms with van der Waals surface area (Å²) in [6, 6.07) is 0. The molecular formula is C24H36O2. The average Bonchev–Trinajstić information content (AvgIpc) is 3.42. The Hall–Kier alpha value is -0.790. The molecule has 144 valence electrons. The average molecular weight is 357 g/mol. The van der Waals surface area contributed by atoms with Gasteiger partial charge in [-0.3, -0.25) is 4.79 Å². The molecule has 4 fully saturated rings. The first kappa shape index (κ1) is 17.3. The third kappa shape index (κ3) is 3.16. The molecule has 0 N–H and O–H groups in total. The first-order chi connectivity index (χ1) is 12.8. The van der Waals surface area contributed by atoms with E-state index in [1.807, 2.05) is 0 Å². The Morgan fingerprint density at radius 3 is 2.35 bits per heavy atom. The number of ether oxygens (including phenoxy) is 1. The van der Waals surface area contributed by atoms with E-state index in [0.29, 0.717) is 6.42 Å². The summed E-state index contributed by atoms with van der Waals surface area (Å²) in [6.07, 6.45) is 22.5. The molecule has 0 aromatic rings. The van der Waals surface area contributed by atoms with Crippen LogP contribution in [0.5, 0.6) is 0 Å². The third-order valence-electron chi connectivity index (χ3n) is 8.73. The van der Waals surface area contributed by atoms with E-state index in [-0.39, 0.29) is 12.1 Å². The van der Waals surface area contributed by atoms with Crippen LogP contribution < -0.4 is 0 Å². The van der Waals surface area contributed by atoms with Gasteiger partial charge in [0.2, 0.25) is 0 Å². The molecular weight excluding hydrogens is 320 g/mol. The molecule has 0 aromatic heterocycles. The van der Waals surface area contributed by atoms with Crippen LogP contribution in [0.4, 0.5) is 0 Å². The van der Waals surface area contributed by atoms with E-state index >= 15 is 0 Å². The second-order valence-electron chi connectivity index (χ2n) is 10.1. The van der Waals surface area contributed by atoms with Crippen LogP contribution in [-0.2, 0) is 9.53 Å². The highest BCUT2D eigenvalue weighted by Crippen LogP contribution is 2.67. The third-order valence-corrected chi connectivity index (χ3v) is 8.73. The van der Waals surface area contributed by atoms with Crippen LogP contribution in [0.3, 0.4) is 0 Å². The quantitative estimate of drug-likeness (QED) is 0.222. The minimum absolute atomic E-state index is 0.0170. The number of carbonyl (C=O) groups excluding carboxylic acids is 1. The Morgan fingerprint density at radius 2 is 1.58 bits per heavy atom. The highest BCUT2D eigenvalue weighted by molar-refractivity contribution is 5.71. The van der Waals surface area contributed by atoms with Gasteiger partial charge in [-0.15, -0.1) is 0 Å². The van der Waals surface area contributed by atoms with E-state index in [9.17, 15) is 4.79 Å². The molecule has 1 heterocycles. The van der Waals surface area contributed by atoms with Crippen molar-refractivity contribution in [2.75, 3.05) is 0 Å². The van der Waals surface area contributed by atoms with E-state index in [1.165, 1.54) is 51.4 Å². The van der Waals surface area contributed by atoms with E-state index in [0.717, 1.165) is 54.3 Å². The van der Waals surface area contributed by atoms with Crippen molar-refractivity contribution in [1.29, 1.82) is 0 Å². The molecule has 1 saturated heterocycles. The predicted octanol–water partition coefficient (Wildman–Crippen LogP) is 5.91. The molecule has 8 atom stereocenters. The summed E-state index contributed by atoms with van der Waals surface area (Å²) in [5.74, 6) is 7.44. The molecule has 5 aliphatic rings. The van der Waals surface area contributed by atoms with Crippen molar-refractivity contribution in [3.63, 3.8) is 0 Å². The van der Waals surface area contributed by atoms with Gasteiger partial charge in [0, 0.05) is 6.42 Å². The second kappa shape index (κ2) is 7.32. The lowest BCUT2D eigenvalue weighted by molar-refractivity contribution is -0.141. The molecule has 0 spiro atoms. The highest BCUT2D eigenvalue weighted by Gasteiger charge is 2.60. The highest BCUT2D eigenvalue weighted by atomic mass is 16.5. The summed E-state index contributed by atoms with van der Waals surface area (Å²) in [6.45, 7) is 0. The summed E-state index contributed by atoms with van der Waals surface area (Å²) in [4.78, 5) is 11.1. The predicted molar refractivity (Wildman–Crippen MR) is 103 cm³/mol. The molecule has 8 unspecified atom stereocenters. The summed E-state index contributed by atoms with van der Waals surface area (Å²) < 4.78 is 5.29. The fraction of sp³-hybridized carbons (Fsp3) is 0.875. The van der Waals surface area contributed by atoms with Crippen LogP contribution in [0.25, 0.3) is 0 Å². The Morgan fingerprint density at radius 1 is 0.846 bits per heavy atom. The lowest BCUT2D eigenvalue weighted by atomic mass is 9.68. The summed E-state index contributed by atoms with van der Waals surface area (Å²) in [5, 5.41) is 0. The van der Waals surface area contributed by atoms with Crippen LogP contribution in [0.1, 0.15) is 83.5 Å². The molecule has 2 heteroatoms. The van der Waals surface area contributed by atoms with Crippen molar-refractivity contribution >= 4 is 5.97 Å². The lowest BCUT2D eigenvalue weighted by Gasteiger charge is -2.36. The van der Waals surface area contributed by atoms with E-state index in [2.05, 4.69) is 12.2 Å². The topological polar surface area (TPSA) is 26.3 Å². The first-order valence-corrected chi connectivity index (χ1v) is 11.7. The van der Waals surface area contributed by atoms with E-state index in [4.69, 9.17) is 4.74 Å². The number of carbonyl (C=O) groups is 1. The van der Waals surface area contributed by atoms with Crippen LogP contribution in [0, 0.1) is 41.4 Å². The Labute approximate surface area is 159 Å².